The second-order valence-electron chi connectivity index (χ2n) is 6.35. The standard InChI is InChI=1S/C16H24N6/c1-4-17-5-2-13(1)11-15-19-16-12-14(3-8-22(16)20-15)21-9-6-18-7-10-21/h3,8,12-13,17-18H,1-2,4-7,9-11H2. The Balaban J connectivity index is 1.52. The Morgan fingerprint density at radius 3 is 2.68 bits per heavy atom. The molecule has 0 spiro atoms. The van der Waals surface area contributed by atoms with Crippen LogP contribution >= 0.6 is 0 Å². The van der Waals surface area contributed by atoms with Crippen molar-refractivity contribution >= 4 is 11.3 Å². The van der Waals surface area contributed by atoms with Gasteiger partial charge < -0.3 is 15.5 Å². The maximum absolute atomic E-state index is 4.75. The average molecular weight is 300 g/mol. The monoisotopic (exact) mass is 300 g/mol. The predicted octanol–water partition coefficient (Wildman–Crippen LogP) is 0.681. The topological polar surface area (TPSA) is 57.5 Å². The zero-order valence-corrected chi connectivity index (χ0v) is 13.0. The molecule has 6 heteroatoms. The number of anilines is 1. The Kier molecular flexibility index (Phi) is 3.95. The van der Waals surface area contributed by atoms with E-state index in [0.29, 0.717) is 0 Å². The summed E-state index contributed by atoms with van der Waals surface area (Å²) in [6, 6.07) is 4.32. The fraction of sp³-hybridized carbons (Fsp3) is 0.625. The van der Waals surface area contributed by atoms with Crippen LogP contribution in [0, 0.1) is 5.92 Å². The fourth-order valence-electron chi connectivity index (χ4n) is 3.47. The van der Waals surface area contributed by atoms with Gasteiger partial charge in [-0.25, -0.2) is 9.50 Å². The summed E-state index contributed by atoms with van der Waals surface area (Å²) in [4.78, 5) is 7.17. The number of piperazine rings is 1. The Labute approximate surface area is 130 Å². The Hall–Kier alpha value is -1.66. The van der Waals surface area contributed by atoms with E-state index in [1.165, 1.54) is 18.5 Å². The van der Waals surface area contributed by atoms with Crippen LogP contribution < -0.4 is 15.5 Å². The van der Waals surface area contributed by atoms with Gasteiger partial charge in [0.1, 0.15) is 0 Å². The molecule has 6 nitrogen and oxygen atoms in total. The number of nitrogens with one attached hydrogen (secondary N) is 2. The Bertz CT molecular complexity index is 625. The van der Waals surface area contributed by atoms with Crippen molar-refractivity contribution in [2.24, 2.45) is 5.92 Å². The average Bonchev–Trinajstić information content (AvgIpc) is 2.98. The maximum Gasteiger partial charge on any atom is 0.157 e. The van der Waals surface area contributed by atoms with E-state index in [1.807, 2.05) is 10.7 Å². The van der Waals surface area contributed by atoms with Gasteiger partial charge in [0.2, 0.25) is 0 Å². The fourth-order valence-corrected chi connectivity index (χ4v) is 3.47. The van der Waals surface area contributed by atoms with Crippen molar-refractivity contribution in [3.8, 4) is 0 Å². The molecule has 4 heterocycles. The predicted molar refractivity (Wildman–Crippen MR) is 87.4 cm³/mol. The first kappa shape index (κ1) is 14.0. The van der Waals surface area contributed by atoms with E-state index in [1.54, 1.807) is 0 Å². The molecule has 4 rings (SSSR count). The number of aromatic nitrogens is 3. The molecule has 2 saturated heterocycles. The maximum atomic E-state index is 4.75. The SMILES string of the molecule is c1cn2nc(CC3CCNCC3)nc2cc1N1CCNCC1. The molecule has 0 aliphatic carbocycles. The highest BCUT2D eigenvalue weighted by Crippen LogP contribution is 2.19. The van der Waals surface area contributed by atoms with E-state index < -0.39 is 0 Å². The molecule has 0 radical (unpaired) electrons. The van der Waals surface area contributed by atoms with Crippen LogP contribution in [0.4, 0.5) is 5.69 Å². The first-order chi connectivity index (χ1) is 10.9. The normalized spacial score (nSPS) is 20.6. The van der Waals surface area contributed by atoms with E-state index in [4.69, 9.17) is 4.98 Å². The van der Waals surface area contributed by atoms with Crippen molar-refractivity contribution in [3.05, 3.63) is 24.2 Å². The third kappa shape index (κ3) is 2.94. The molecule has 2 aliphatic heterocycles. The van der Waals surface area contributed by atoms with E-state index in [-0.39, 0.29) is 0 Å². The molecule has 0 aromatic carbocycles. The number of hydrogen-bond acceptors (Lipinski definition) is 5. The van der Waals surface area contributed by atoms with Gasteiger partial charge in [0, 0.05) is 50.6 Å². The molecule has 0 saturated carbocycles. The molecule has 0 amide bonds. The summed E-state index contributed by atoms with van der Waals surface area (Å²) in [6.45, 7) is 6.49. The second-order valence-corrected chi connectivity index (χ2v) is 6.35. The summed E-state index contributed by atoms with van der Waals surface area (Å²) in [5.41, 5.74) is 2.23. The van der Waals surface area contributed by atoms with Crippen LogP contribution in [0.5, 0.6) is 0 Å². The highest BCUT2D eigenvalue weighted by molar-refractivity contribution is 5.56. The van der Waals surface area contributed by atoms with Crippen molar-refractivity contribution in [1.82, 2.24) is 25.2 Å². The Morgan fingerprint density at radius 1 is 1.09 bits per heavy atom. The summed E-state index contributed by atoms with van der Waals surface area (Å²) < 4.78 is 1.92. The van der Waals surface area contributed by atoms with Gasteiger partial charge in [-0.3, -0.25) is 0 Å². The lowest BCUT2D eigenvalue weighted by atomic mass is 9.94. The van der Waals surface area contributed by atoms with Gasteiger partial charge in [-0.15, -0.1) is 0 Å². The quantitative estimate of drug-likeness (QED) is 0.873. The van der Waals surface area contributed by atoms with E-state index in [0.717, 1.165) is 63.1 Å². The molecular formula is C16H24N6. The van der Waals surface area contributed by atoms with Gasteiger partial charge >= 0.3 is 0 Å². The number of rotatable bonds is 3. The van der Waals surface area contributed by atoms with E-state index in [9.17, 15) is 0 Å². The van der Waals surface area contributed by atoms with Crippen molar-refractivity contribution in [2.45, 2.75) is 19.3 Å². The van der Waals surface area contributed by atoms with Gasteiger partial charge in [0.15, 0.2) is 11.5 Å². The van der Waals surface area contributed by atoms with Crippen molar-refractivity contribution in [1.29, 1.82) is 0 Å². The highest BCUT2D eigenvalue weighted by atomic mass is 15.3. The van der Waals surface area contributed by atoms with Crippen LogP contribution in [-0.2, 0) is 6.42 Å². The van der Waals surface area contributed by atoms with E-state index >= 15 is 0 Å². The number of hydrogen-bond donors (Lipinski definition) is 2. The third-order valence-electron chi connectivity index (χ3n) is 4.78. The second kappa shape index (κ2) is 6.22. The molecular weight excluding hydrogens is 276 g/mol. The summed E-state index contributed by atoms with van der Waals surface area (Å²) in [5.74, 6) is 1.72. The zero-order chi connectivity index (χ0) is 14.8. The van der Waals surface area contributed by atoms with Crippen LogP contribution in [0.2, 0.25) is 0 Å². The lowest BCUT2D eigenvalue weighted by Gasteiger charge is -2.29. The van der Waals surface area contributed by atoms with Crippen LogP contribution in [0.25, 0.3) is 5.65 Å². The van der Waals surface area contributed by atoms with Crippen molar-refractivity contribution in [2.75, 3.05) is 44.2 Å². The largest absolute Gasteiger partial charge is 0.369 e. The molecule has 0 atom stereocenters. The number of piperidine rings is 1. The lowest BCUT2D eigenvalue weighted by molar-refractivity contribution is 0.367. The summed E-state index contributed by atoms with van der Waals surface area (Å²) in [6.07, 6.45) is 5.53. The first-order valence-corrected chi connectivity index (χ1v) is 8.40. The van der Waals surface area contributed by atoms with Crippen molar-refractivity contribution < 1.29 is 0 Å². The van der Waals surface area contributed by atoms with Gasteiger partial charge in [0.05, 0.1) is 0 Å². The summed E-state index contributed by atoms with van der Waals surface area (Å²) in [5, 5.41) is 11.5. The molecule has 2 aromatic rings. The molecule has 2 N–H and O–H groups in total. The van der Waals surface area contributed by atoms with E-state index in [2.05, 4.69) is 32.8 Å². The van der Waals surface area contributed by atoms with Crippen LogP contribution in [0.15, 0.2) is 18.3 Å². The summed E-state index contributed by atoms with van der Waals surface area (Å²) in [7, 11) is 0. The van der Waals surface area contributed by atoms with Gasteiger partial charge in [-0.2, -0.15) is 5.10 Å². The Morgan fingerprint density at radius 2 is 1.86 bits per heavy atom. The number of fused-ring (bicyclic) bond motifs is 1. The third-order valence-corrected chi connectivity index (χ3v) is 4.78. The molecule has 22 heavy (non-hydrogen) atoms. The van der Waals surface area contributed by atoms with Crippen LogP contribution in [0.3, 0.4) is 0 Å². The molecule has 2 aliphatic rings. The smallest absolute Gasteiger partial charge is 0.157 e. The van der Waals surface area contributed by atoms with Crippen molar-refractivity contribution in [3.63, 3.8) is 0 Å². The van der Waals surface area contributed by atoms with Gasteiger partial charge in [0.25, 0.3) is 0 Å². The summed E-state index contributed by atoms with van der Waals surface area (Å²) >= 11 is 0. The molecule has 0 bridgehead atoms. The van der Waals surface area contributed by atoms with Crippen LogP contribution in [0.1, 0.15) is 18.7 Å². The zero-order valence-electron chi connectivity index (χ0n) is 13.0. The number of nitrogens with zero attached hydrogens (tertiary/aromatic N) is 4. The van der Waals surface area contributed by atoms with Gasteiger partial charge in [-0.1, -0.05) is 0 Å². The minimum absolute atomic E-state index is 0.728. The molecule has 2 fully saturated rings. The lowest BCUT2D eigenvalue weighted by Crippen LogP contribution is -2.43. The van der Waals surface area contributed by atoms with Crippen LogP contribution in [-0.4, -0.2) is 53.9 Å². The minimum Gasteiger partial charge on any atom is -0.369 e. The molecule has 0 unspecified atom stereocenters. The molecule has 118 valence electrons. The molecule has 2 aromatic heterocycles. The van der Waals surface area contributed by atoms with Gasteiger partial charge in [-0.05, 0) is 37.9 Å². The highest BCUT2D eigenvalue weighted by Gasteiger charge is 2.17. The first-order valence-electron chi connectivity index (χ1n) is 8.40. The number of pyridine rings is 1. The minimum atomic E-state index is 0.728.